The van der Waals surface area contributed by atoms with Gasteiger partial charge in [-0.05, 0) is 11.1 Å². The molecule has 1 atom stereocenters. The summed E-state index contributed by atoms with van der Waals surface area (Å²) in [4.78, 5) is 26.4. The van der Waals surface area contributed by atoms with Gasteiger partial charge in [0, 0.05) is 18.1 Å². The minimum Gasteiger partial charge on any atom is -0.459 e. The first-order valence-electron chi connectivity index (χ1n) is 8.49. The van der Waals surface area contributed by atoms with Crippen LogP contribution in [0.25, 0.3) is 0 Å². The van der Waals surface area contributed by atoms with Gasteiger partial charge in [0.25, 0.3) is 0 Å². The standard InChI is InChI=1S/C20H21NO4S/c22-19(24-13-16-7-3-1-4-8-16)18-15-26-12-11-21(18)20(23)25-14-17-9-5-2-6-10-17/h1-10,18H,11-15H2/t18-/m0/s1. The van der Waals surface area contributed by atoms with E-state index >= 15 is 0 Å². The number of benzene rings is 2. The first-order valence-corrected chi connectivity index (χ1v) is 9.65. The number of carbonyl (C=O) groups is 2. The van der Waals surface area contributed by atoms with Gasteiger partial charge in [-0.2, -0.15) is 11.8 Å². The first-order chi connectivity index (χ1) is 12.7. The zero-order valence-electron chi connectivity index (χ0n) is 14.4. The van der Waals surface area contributed by atoms with Crippen LogP contribution in [0.2, 0.25) is 0 Å². The van der Waals surface area contributed by atoms with Crippen molar-refractivity contribution in [1.82, 2.24) is 4.90 Å². The second-order valence-electron chi connectivity index (χ2n) is 5.92. The van der Waals surface area contributed by atoms with Gasteiger partial charge in [0.15, 0.2) is 0 Å². The van der Waals surface area contributed by atoms with Gasteiger partial charge < -0.3 is 9.47 Å². The smallest absolute Gasteiger partial charge is 0.410 e. The van der Waals surface area contributed by atoms with Crippen LogP contribution < -0.4 is 0 Å². The molecule has 0 spiro atoms. The molecule has 1 aliphatic heterocycles. The molecule has 1 saturated heterocycles. The van der Waals surface area contributed by atoms with Gasteiger partial charge in [0.1, 0.15) is 19.3 Å². The average Bonchev–Trinajstić information content (AvgIpc) is 2.72. The number of carbonyl (C=O) groups excluding carboxylic acids is 2. The number of ether oxygens (including phenoxy) is 2. The highest BCUT2D eigenvalue weighted by Crippen LogP contribution is 2.19. The fourth-order valence-electron chi connectivity index (χ4n) is 2.64. The summed E-state index contributed by atoms with van der Waals surface area (Å²) in [6.07, 6.45) is -0.476. The normalized spacial score (nSPS) is 16.8. The molecule has 0 unspecified atom stereocenters. The minimum absolute atomic E-state index is 0.190. The highest BCUT2D eigenvalue weighted by molar-refractivity contribution is 7.99. The Kier molecular flexibility index (Phi) is 6.55. The maximum Gasteiger partial charge on any atom is 0.410 e. The molecule has 0 saturated carbocycles. The van der Waals surface area contributed by atoms with E-state index in [1.807, 2.05) is 60.7 Å². The van der Waals surface area contributed by atoms with E-state index in [4.69, 9.17) is 9.47 Å². The Hall–Kier alpha value is -2.47. The lowest BCUT2D eigenvalue weighted by Crippen LogP contribution is -2.51. The number of esters is 1. The Labute approximate surface area is 157 Å². The third-order valence-corrected chi connectivity index (χ3v) is 5.09. The summed E-state index contributed by atoms with van der Waals surface area (Å²) in [6, 6.07) is 18.4. The van der Waals surface area contributed by atoms with Crippen molar-refractivity contribution in [2.24, 2.45) is 0 Å². The molecule has 1 heterocycles. The topological polar surface area (TPSA) is 55.8 Å². The Balaban J connectivity index is 1.56. The van der Waals surface area contributed by atoms with Crippen LogP contribution in [0.1, 0.15) is 11.1 Å². The fraction of sp³-hybridized carbons (Fsp3) is 0.300. The monoisotopic (exact) mass is 371 g/mol. The van der Waals surface area contributed by atoms with E-state index < -0.39 is 18.1 Å². The van der Waals surface area contributed by atoms with Crippen LogP contribution in [-0.4, -0.2) is 41.1 Å². The zero-order valence-corrected chi connectivity index (χ0v) is 15.2. The van der Waals surface area contributed by atoms with Gasteiger partial charge in [-0.25, -0.2) is 9.59 Å². The summed E-state index contributed by atoms with van der Waals surface area (Å²) < 4.78 is 10.8. The van der Waals surface area contributed by atoms with Crippen molar-refractivity contribution in [3.63, 3.8) is 0 Å². The Morgan fingerprint density at radius 3 is 2.12 bits per heavy atom. The molecule has 1 amide bonds. The van der Waals surface area contributed by atoms with Crippen LogP contribution in [0.3, 0.4) is 0 Å². The Bertz CT molecular complexity index is 660. The van der Waals surface area contributed by atoms with E-state index in [1.165, 1.54) is 4.90 Å². The molecule has 26 heavy (non-hydrogen) atoms. The van der Waals surface area contributed by atoms with Crippen LogP contribution in [-0.2, 0) is 27.5 Å². The lowest BCUT2D eigenvalue weighted by atomic mass is 10.2. The van der Waals surface area contributed by atoms with Crippen molar-refractivity contribution in [1.29, 1.82) is 0 Å². The molecule has 3 rings (SSSR count). The molecule has 5 nitrogen and oxygen atoms in total. The third-order valence-electron chi connectivity index (χ3n) is 4.06. The van der Waals surface area contributed by atoms with Crippen LogP contribution >= 0.6 is 11.8 Å². The number of nitrogens with zero attached hydrogens (tertiary/aromatic N) is 1. The predicted octanol–water partition coefficient (Wildman–Crippen LogP) is 3.48. The zero-order chi connectivity index (χ0) is 18.2. The van der Waals surface area contributed by atoms with Crippen LogP contribution in [0.4, 0.5) is 4.79 Å². The molecule has 2 aromatic rings. The fourth-order valence-corrected chi connectivity index (χ4v) is 3.68. The van der Waals surface area contributed by atoms with E-state index in [0.717, 1.165) is 16.9 Å². The minimum atomic E-state index is -0.610. The van der Waals surface area contributed by atoms with Crippen molar-refractivity contribution < 1.29 is 19.1 Å². The van der Waals surface area contributed by atoms with Gasteiger partial charge in [0.2, 0.25) is 0 Å². The van der Waals surface area contributed by atoms with E-state index in [0.29, 0.717) is 12.3 Å². The second kappa shape index (κ2) is 9.29. The number of hydrogen-bond acceptors (Lipinski definition) is 5. The predicted molar refractivity (Wildman–Crippen MR) is 101 cm³/mol. The lowest BCUT2D eigenvalue weighted by molar-refractivity contribution is -0.150. The van der Waals surface area contributed by atoms with Crippen LogP contribution in [0.5, 0.6) is 0 Å². The summed E-state index contributed by atoms with van der Waals surface area (Å²) in [5.74, 6) is 0.912. The van der Waals surface area contributed by atoms with E-state index in [9.17, 15) is 9.59 Å². The molecule has 136 valence electrons. The van der Waals surface area contributed by atoms with Crippen LogP contribution in [0, 0.1) is 0 Å². The molecule has 0 aliphatic carbocycles. The molecular formula is C20H21NO4S. The average molecular weight is 371 g/mol. The Morgan fingerprint density at radius 1 is 0.923 bits per heavy atom. The maximum absolute atomic E-state index is 12.5. The van der Waals surface area contributed by atoms with Gasteiger partial charge in [-0.15, -0.1) is 0 Å². The highest BCUT2D eigenvalue weighted by atomic mass is 32.2. The Morgan fingerprint density at radius 2 is 1.50 bits per heavy atom. The summed E-state index contributed by atoms with van der Waals surface area (Å²) >= 11 is 1.64. The SMILES string of the molecule is O=C(OCc1ccccc1)[C@@H]1CSCCN1C(=O)OCc1ccccc1. The summed E-state index contributed by atoms with van der Waals surface area (Å²) in [5, 5.41) is 0. The summed E-state index contributed by atoms with van der Waals surface area (Å²) in [7, 11) is 0. The molecular weight excluding hydrogens is 350 g/mol. The van der Waals surface area contributed by atoms with Crippen LogP contribution in [0.15, 0.2) is 60.7 Å². The van der Waals surface area contributed by atoms with Crippen molar-refractivity contribution in [2.45, 2.75) is 19.3 Å². The number of rotatable bonds is 5. The van der Waals surface area contributed by atoms with Crippen molar-refractivity contribution in [3.8, 4) is 0 Å². The van der Waals surface area contributed by atoms with Gasteiger partial charge in [0.05, 0.1) is 0 Å². The molecule has 1 fully saturated rings. The van der Waals surface area contributed by atoms with Gasteiger partial charge in [-0.3, -0.25) is 4.90 Å². The molecule has 6 heteroatoms. The lowest BCUT2D eigenvalue weighted by Gasteiger charge is -2.32. The molecule has 0 radical (unpaired) electrons. The third kappa shape index (κ3) is 5.02. The van der Waals surface area contributed by atoms with Crippen molar-refractivity contribution in [3.05, 3.63) is 71.8 Å². The number of thioether (sulfide) groups is 1. The largest absolute Gasteiger partial charge is 0.459 e. The van der Waals surface area contributed by atoms with Gasteiger partial charge >= 0.3 is 12.1 Å². The van der Waals surface area contributed by atoms with E-state index in [-0.39, 0.29) is 13.2 Å². The van der Waals surface area contributed by atoms with E-state index in [1.54, 1.807) is 11.8 Å². The molecule has 1 aliphatic rings. The molecule has 0 bridgehead atoms. The number of amides is 1. The van der Waals surface area contributed by atoms with Crippen molar-refractivity contribution >= 4 is 23.8 Å². The summed E-state index contributed by atoms with van der Waals surface area (Å²) in [6.45, 7) is 0.867. The highest BCUT2D eigenvalue weighted by Gasteiger charge is 2.34. The maximum atomic E-state index is 12.5. The molecule has 2 aromatic carbocycles. The molecule has 0 N–H and O–H groups in total. The quantitative estimate of drug-likeness (QED) is 0.753. The van der Waals surface area contributed by atoms with Crippen molar-refractivity contribution in [2.75, 3.05) is 18.1 Å². The number of hydrogen-bond donors (Lipinski definition) is 0. The van der Waals surface area contributed by atoms with E-state index in [2.05, 4.69) is 0 Å². The second-order valence-corrected chi connectivity index (χ2v) is 7.07. The first kappa shape index (κ1) is 18.3. The molecule has 0 aromatic heterocycles. The summed E-state index contributed by atoms with van der Waals surface area (Å²) in [5.41, 5.74) is 1.83. The van der Waals surface area contributed by atoms with Gasteiger partial charge in [-0.1, -0.05) is 60.7 Å².